The molecule has 0 aromatic heterocycles. The first-order chi connectivity index (χ1) is 13.1. The van der Waals surface area contributed by atoms with Crippen molar-refractivity contribution in [2.24, 2.45) is 5.73 Å². The van der Waals surface area contributed by atoms with Crippen molar-refractivity contribution in [3.63, 3.8) is 0 Å². The van der Waals surface area contributed by atoms with Crippen molar-refractivity contribution in [1.29, 1.82) is 0 Å². The third-order valence-electron chi connectivity index (χ3n) is 4.72. The van der Waals surface area contributed by atoms with Gasteiger partial charge in [0.2, 0.25) is 0 Å². The summed E-state index contributed by atoms with van der Waals surface area (Å²) in [5.74, 6) is 0.628. The lowest BCUT2D eigenvalue weighted by Gasteiger charge is -2.32. The topological polar surface area (TPSA) is 70.8 Å². The lowest BCUT2D eigenvalue weighted by molar-refractivity contribution is 0.102. The number of amides is 1. The number of carbonyl (C=O) groups is 1. The van der Waals surface area contributed by atoms with Crippen molar-refractivity contribution in [2.45, 2.75) is 6.54 Å². The average Bonchev–Trinajstić information content (AvgIpc) is 2.70. The smallest absolute Gasteiger partial charge is 0.255 e. The molecular formula is C21H28N4O2. The molecule has 3 rings (SSSR count). The number of anilines is 1. The van der Waals surface area contributed by atoms with Gasteiger partial charge in [-0.05, 0) is 49.0 Å². The van der Waals surface area contributed by atoms with E-state index >= 15 is 0 Å². The van der Waals surface area contributed by atoms with Gasteiger partial charge < -0.3 is 20.7 Å². The zero-order chi connectivity index (χ0) is 19.1. The molecule has 0 aliphatic carbocycles. The van der Waals surface area contributed by atoms with Gasteiger partial charge in [0, 0.05) is 50.5 Å². The van der Waals surface area contributed by atoms with Crippen molar-refractivity contribution < 1.29 is 9.53 Å². The van der Waals surface area contributed by atoms with E-state index in [0.717, 1.165) is 44.2 Å². The Hall–Kier alpha value is -2.41. The molecule has 3 N–H and O–H groups in total. The Balaban J connectivity index is 1.52. The lowest BCUT2D eigenvalue weighted by Crippen LogP contribution is -2.43. The highest BCUT2D eigenvalue weighted by molar-refractivity contribution is 6.04. The molecule has 0 bridgehead atoms. The largest absolute Gasteiger partial charge is 0.492 e. The molecule has 1 fully saturated rings. The molecule has 144 valence electrons. The fourth-order valence-corrected chi connectivity index (χ4v) is 3.04. The first-order valence-corrected chi connectivity index (χ1v) is 9.38. The van der Waals surface area contributed by atoms with E-state index < -0.39 is 0 Å². The molecule has 0 atom stereocenters. The van der Waals surface area contributed by atoms with E-state index in [-0.39, 0.29) is 5.91 Å². The summed E-state index contributed by atoms with van der Waals surface area (Å²) in [5.41, 5.74) is 8.04. The number of hydrogen-bond donors (Lipinski definition) is 2. The fraction of sp³-hybridized carbons (Fsp3) is 0.381. The third kappa shape index (κ3) is 5.79. The van der Waals surface area contributed by atoms with Crippen molar-refractivity contribution in [3.8, 4) is 5.75 Å². The maximum atomic E-state index is 12.4. The second-order valence-electron chi connectivity index (χ2n) is 6.89. The van der Waals surface area contributed by atoms with Crippen LogP contribution in [0.5, 0.6) is 5.75 Å². The van der Waals surface area contributed by atoms with Crippen LogP contribution in [0.25, 0.3) is 0 Å². The standard InChI is InChI=1S/C21H28N4O2/c1-24-11-13-25(14-12-24)16-17-2-4-18(5-3-17)21(26)23-19-6-8-20(9-7-19)27-15-10-22/h2-9H,10-16,22H2,1H3,(H,23,26). The molecule has 27 heavy (non-hydrogen) atoms. The number of nitrogens with two attached hydrogens (primary N) is 1. The van der Waals surface area contributed by atoms with Gasteiger partial charge in [-0.1, -0.05) is 12.1 Å². The second-order valence-corrected chi connectivity index (χ2v) is 6.89. The summed E-state index contributed by atoms with van der Waals surface area (Å²) in [4.78, 5) is 17.2. The Morgan fingerprint density at radius 1 is 1.04 bits per heavy atom. The van der Waals surface area contributed by atoms with Crippen molar-refractivity contribution in [2.75, 3.05) is 51.7 Å². The molecule has 0 unspecified atom stereocenters. The Morgan fingerprint density at radius 3 is 2.33 bits per heavy atom. The summed E-state index contributed by atoms with van der Waals surface area (Å²) in [6.07, 6.45) is 0. The third-order valence-corrected chi connectivity index (χ3v) is 4.72. The highest BCUT2D eigenvalue weighted by Gasteiger charge is 2.14. The van der Waals surface area contributed by atoms with Crippen LogP contribution >= 0.6 is 0 Å². The van der Waals surface area contributed by atoms with Crippen LogP contribution in [0.1, 0.15) is 15.9 Å². The summed E-state index contributed by atoms with van der Waals surface area (Å²) in [5, 5.41) is 2.91. The van der Waals surface area contributed by atoms with Crippen LogP contribution in [-0.4, -0.2) is 62.1 Å². The van der Waals surface area contributed by atoms with E-state index in [2.05, 4.69) is 22.2 Å². The number of rotatable bonds is 7. The van der Waals surface area contributed by atoms with Gasteiger partial charge in [-0.2, -0.15) is 0 Å². The van der Waals surface area contributed by atoms with Crippen molar-refractivity contribution in [3.05, 3.63) is 59.7 Å². The quantitative estimate of drug-likeness (QED) is 0.782. The van der Waals surface area contributed by atoms with Crippen molar-refractivity contribution in [1.82, 2.24) is 9.80 Å². The first-order valence-electron chi connectivity index (χ1n) is 9.38. The normalized spacial score (nSPS) is 15.5. The van der Waals surface area contributed by atoms with E-state index in [1.165, 1.54) is 5.56 Å². The van der Waals surface area contributed by atoms with Crippen molar-refractivity contribution >= 4 is 11.6 Å². The van der Waals surface area contributed by atoms with Gasteiger partial charge in [0.15, 0.2) is 0 Å². The van der Waals surface area contributed by atoms with Gasteiger partial charge in [0.25, 0.3) is 5.91 Å². The number of piperazine rings is 1. The number of likely N-dealkylation sites (N-methyl/N-ethyl adjacent to an activating group) is 1. The predicted octanol–water partition coefficient (Wildman–Crippen LogP) is 2.02. The molecule has 6 heteroatoms. The number of carbonyl (C=O) groups excluding carboxylic acids is 1. The molecular weight excluding hydrogens is 340 g/mol. The maximum Gasteiger partial charge on any atom is 0.255 e. The Labute approximate surface area is 160 Å². The van der Waals surface area contributed by atoms with Crippen LogP contribution in [0.4, 0.5) is 5.69 Å². The van der Waals surface area contributed by atoms with Crippen LogP contribution in [-0.2, 0) is 6.54 Å². The van der Waals surface area contributed by atoms with E-state index in [0.29, 0.717) is 18.7 Å². The summed E-state index contributed by atoms with van der Waals surface area (Å²) < 4.78 is 5.44. The number of benzene rings is 2. The van der Waals surface area contributed by atoms with Crippen LogP contribution in [0, 0.1) is 0 Å². The molecule has 2 aromatic carbocycles. The Kier molecular flexibility index (Phi) is 6.81. The predicted molar refractivity (Wildman–Crippen MR) is 108 cm³/mol. The van der Waals surface area contributed by atoms with Gasteiger partial charge >= 0.3 is 0 Å². The molecule has 0 radical (unpaired) electrons. The van der Waals surface area contributed by atoms with Gasteiger partial charge in [-0.15, -0.1) is 0 Å². The van der Waals surface area contributed by atoms with E-state index in [4.69, 9.17) is 10.5 Å². The summed E-state index contributed by atoms with van der Waals surface area (Å²) in [6.45, 7) is 6.27. The minimum Gasteiger partial charge on any atom is -0.492 e. The highest BCUT2D eigenvalue weighted by atomic mass is 16.5. The molecule has 0 saturated carbocycles. The molecule has 0 spiro atoms. The first kappa shape index (κ1) is 19.4. The van der Waals surface area contributed by atoms with Crippen LogP contribution in [0.2, 0.25) is 0 Å². The van der Waals surface area contributed by atoms with Crippen LogP contribution in [0.15, 0.2) is 48.5 Å². The Morgan fingerprint density at radius 2 is 1.70 bits per heavy atom. The van der Waals surface area contributed by atoms with E-state index in [1.54, 1.807) is 0 Å². The van der Waals surface area contributed by atoms with E-state index in [9.17, 15) is 4.79 Å². The van der Waals surface area contributed by atoms with Gasteiger partial charge in [-0.3, -0.25) is 9.69 Å². The fourth-order valence-electron chi connectivity index (χ4n) is 3.04. The van der Waals surface area contributed by atoms with Crippen LogP contribution < -0.4 is 15.8 Å². The molecule has 1 amide bonds. The Bertz CT molecular complexity index is 723. The molecule has 2 aromatic rings. The molecule has 1 aliphatic heterocycles. The average molecular weight is 368 g/mol. The molecule has 1 saturated heterocycles. The van der Waals surface area contributed by atoms with E-state index in [1.807, 2.05) is 48.5 Å². The molecule has 6 nitrogen and oxygen atoms in total. The monoisotopic (exact) mass is 368 g/mol. The molecule has 1 heterocycles. The van der Waals surface area contributed by atoms with Crippen LogP contribution in [0.3, 0.4) is 0 Å². The van der Waals surface area contributed by atoms with Gasteiger partial charge in [0.05, 0.1) is 0 Å². The highest BCUT2D eigenvalue weighted by Crippen LogP contribution is 2.17. The maximum absolute atomic E-state index is 12.4. The SMILES string of the molecule is CN1CCN(Cc2ccc(C(=O)Nc3ccc(OCCN)cc3)cc2)CC1. The zero-order valence-electron chi connectivity index (χ0n) is 15.9. The van der Waals surface area contributed by atoms with Gasteiger partial charge in [-0.25, -0.2) is 0 Å². The minimum atomic E-state index is -0.114. The summed E-state index contributed by atoms with van der Waals surface area (Å²) in [6, 6.07) is 15.2. The minimum absolute atomic E-state index is 0.114. The molecule has 1 aliphatic rings. The zero-order valence-corrected chi connectivity index (χ0v) is 15.9. The summed E-state index contributed by atoms with van der Waals surface area (Å²) in [7, 11) is 2.16. The number of nitrogens with one attached hydrogen (secondary N) is 1. The second kappa shape index (κ2) is 9.50. The number of nitrogens with zero attached hydrogens (tertiary/aromatic N) is 2. The lowest BCUT2D eigenvalue weighted by atomic mass is 10.1. The van der Waals surface area contributed by atoms with Gasteiger partial charge in [0.1, 0.15) is 12.4 Å². The summed E-state index contributed by atoms with van der Waals surface area (Å²) >= 11 is 0. The number of ether oxygens (including phenoxy) is 1. The number of hydrogen-bond acceptors (Lipinski definition) is 5.